The Bertz CT molecular complexity index is 691. The van der Waals surface area contributed by atoms with Crippen LogP contribution in [-0.4, -0.2) is 47.0 Å². The molecule has 1 aliphatic rings. The van der Waals surface area contributed by atoms with E-state index in [1.54, 1.807) is 13.8 Å². The number of pyridine rings is 1. The summed E-state index contributed by atoms with van der Waals surface area (Å²) in [6.07, 6.45) is -4.75. The van der Waals surface area contributed by atoms with Crippen LogP contribution in [0.4, 0.5) is 18.9 Å². The number of hydrogen-bond acceptors (Lipinski definition) is 4. The molecule has 2 amide bonds. The summed E-state index contributed by atoms with van der Waals surface area (Å²) >= 11 is 0. The summed E-state index contributed by atoms with van der Waals surface area (Å²) in [5.41, 5.74) is -2.72. The molecule has 0 aromatic carbocycles. The van der Waals surface area contributed by atoms with Gasteiger partial charge in [-0.25, -0.2) is 0 Å². The van der Waals surface area contributed by atoms with E-state index in [0.717, 1.165) is 0 Å². The van der Waals surface area contributed by atoms with E-state index in [9.17, 15) is 27.6 Å². The molecule has 10 heteroatoms. The van der Waals surface area contributed by atoms with E-state index in [4.69, 9.17) is 4.74 Å². The quantitative estimate of drug-likeness (QED) is 0.741. The first kappa shape index (κ1) is 18.0. The Balaban J connectivity index is 2.14. The number of nitrogens with one attached hydrogen (secondary N) is 2. The van der Waals surface area contributed by atoms with Crippen molar-refractivity contribution in [2.45, 2.75) is 32.2 Å². The lowest BCUT2D eigenvalue weighted by atomic mass is 10.2. The zero-order valence-electron chi connectivity index (χ0n) is 12.9. The molecule has 1 aromatic rings. The van der Waals surface area contributed by atoms with Crippen LogP contribution in [0, 0.1) is 0 Å². The van der Waals surface area contributed by atoms with Crippen LogP contribution in [-0.2, 0) is 20.5 Å². The second-order valence-electron chi connectivity index (χ2n) is 5.55. The first-order valence-corrected chi connectivity index (χ1v) is 7.13. The van der Waals surface area contributed by atoms with Gasteiger partial charge in [-0.15, -0.1) is 0 Å². The third-order valence-electron chi connectivity index (χ3n) is 3.38. The second kappa shape index (κ2) is 6.63. The van der Waals surface area contributed by atoms with Crippen LogP contribution >= 0.6 is 0 Å². The van der Waals surface area contributed by atoms with Gasteiger partial charge in [0, 0.05) is 19.3 Å². The highest BCUT2D eigenvalue weighted by Crippen LogP contribution is 2.29. The average Bonchev–Trinajstić information content (AvgIpc) is 2.46. The first-order chi connectivity index (χ1) is 11.1. The highest BCUT2D eigenvalue weighted by atomic mass is 19.4. The normalized spacial score (nSPS) is 21.5. The molecular weight excluding hydrogens is 331 g/mol. The standard InChI is InChI=1S/C14H16F3N3O4/c1-7-5-20(6-8(2)24-7)13(23)12(22)19-10-3-9(14(15,16)17)4-18-11(10)21/h3-4,7-8H,5-6H2,1-2H3,(H,18,21)(H,19,22)/t7-,8-/m0/s1. The van der Waals surface area contributed by atoms with Crippen molar-refractivity contribution in [1.29, 1.82) is 0 Å². The van der Waals surface area contributed by atoms with E-state index in [0.29, 0.717) is 12.3 Å². The molecule has 0 saturated carbocycles. The average molecular weight is 347 g/mol. The third-order valence-corrected chi connectivity index (χ3v) is 3.38. The molecule has 1 fully saturated rings. The van der Waals surface area contributed by atoms with Gasteiger partial charge in [0.05, 0.1) is 17.8 Å². The Kier molecular flexibility index (Phi) is 4.97. The molecule has 24 heavy (non-hydrogen) atoms. The van der Waals surface area contributed by atoms with Gasteiger partial charge in [-0.2, -0.15) is 13.2 Å². The zero-order chi connectivity index (χ0) is 18.1. The van der Waals surface area contributed by atoms with Gasteiger partial charge >= 0.3 is 18.0 Å². The summed E-state index contributed by atoms with van der Waals surface area (Å²) in [4.78, 5) is 38.7. The van der Waals surface area contributed by atoms with E-state index in [1.807, 2.05) is 10.3 Å². The fourth-order valence-corrected chi connectivity index (χ4v) is 2.40. The van der Waals surface area contributed by atoms with Crippen LogP contribution in [0.3, 0.4) is 0 Å². The van der Waals surface area contributed by atoms with E-state index >= 15 is 0 Å². The molecule has 2 heterocycles. The van der Waals surface area contributed by atoms with Gasteiger partial charge < -0.3 is 19.9 Å². The minimum absolute atomic E-state index is 0.176. The maximum atomic E-state index is 12.6. The Labute approximate surface area is 134 Å². The predicted molar refractivity (Wildman–Crippen MR) is 77.3 cm³/mol. The molecule has 1 saturated heterocycles. The van der Waals surface area contributed by atoms with Gasteiger partial charge in [0.15, 0.2) is 0 Å². The van der Waals surface area contributed by atoms with Gasteiger partial charge in [-0.1, -0.05) is 0 Å². The number of hydrogen-bond donors (Lipinski definition) is 2. The lowest BCUT2D eigenvalue weighted by Crippen LogP contribution is -2.51. The Hall–Kier alpha value is -2.36. The lowest BCUT2D eigenvalue weighted by molar-refractivity contribution is -0.151. The number of ether oxygens (including phenoxy) is 1. The van der Waals surface area contributed by atoms with E-state index in [-0.39, 0.29) is 25.3 Å². The van der Waals surface area contributed by atoms with Gasteiger partial charge in [0.25, 0.3) is 5.56 Å². The van der Waals surface area contributed by atoms with Crippen molar-refractivity contribution in [3.05, 3.63) is 28.2 Å². The van der Waals surface area contributed by atoms with E-state index in [2.05, 4.69) is 0 Å². The Morgan fingerprint density at radius 1 is 1.29 bits per heavy atom. The number of aromatic nitrogens is 1. The number of anilines is 1. The number of amides is 2. The number of morpholine rings is 1. The summed E-state index contributed by atoms with van der Waals surface area (Å²) in [6.45, 7) is 3.81. The number of carbonyl (C=O) groups excluding carboxylic acids is 2. The van der Waals surface area contributed by atoms with Crippen molar-refractivity contribution in [2.75, 3.05) is 18.4 Å². The molecule has 2 N–H and O–H groups in total. The van der Waals surface area contributed by atoms with Crippen LogP contribution in [0.2, 0.25) is 0 Å². The van der Waals surface area contributed by atoms with Crippen molar-refractivity contribution in [3.8, 4) is 0 Å². The van der Waals surface area contributed by atoms with Gasteiger partial charge in [-0.3, -0.25) is 14.4 Å². The van der Waals surface area contributed by atoms with E-state index in [1.165, 1.54) is 4.90 Å². The molecule has 0 unspecified atom stereocenters. The van der Waals surface area contributed by atoms with E-state index < -0.39 is 34.8 Å². The Morgan fingerprint density at radius 2 is 1.88 bits per heavy atom. The van der Waals surface area contributed by atoms with Crippen LogP contribution in [0.25, 0.3) is 0 Å². The molecule has 2 atom stereocenters. The molecular formula is C14H16F3N3O4. The minimum Gasteiger partial charge on any atom is -0.372 e. The molecule has 2 rings (SSSR count). The molecule has 1 aromatic heterocycles. The number of H-pyrrole nitrogens is 1. The second-order valence-corrected chi connectivity index (χ2v) is 5.55. The van der Waals surface area contributed by atoms with Gasteiger partial charge in [-0.05, 0) is 19.9 Å². The summed E-state index contributed by atoms with van der Waals surface area (Å²) < 4.78 is 43.4. The molecule has 0 bridgehead atoms. The third kappa shape index (κ3) is 4.13. The molecule has 0 spiro atoms. The molecule has 0 aliphatic carbocycles. The zero-order valence-corrected chi connectivity index (χ0v) is 12.9. The number of alkyl halides is 3. The number of halogens is 3. The maximum absolute atomic E-state index is 12.6. The van der Waals surface area contributed by atoms with Crippen LogP contribution in [0.1, 0.15) is 19.4 Å². The van der Waals surface area contributed by atoms with Crippen molar-refractivity contribution in [1.82, 2.24) is 9.88 Å². The summed E-state index contributed by atoms with van der Waals surface area (Å²) in [6, 6.07) is 0.481. The predicted octanol–water partition coefficient (Wildman–Crippen LogP) is 0.968. The highest BCUT2D eigenvalue weighted by Gasteiger charge is 2.33. The fraction of sp³-hybridized carbons (Fsp3) is 0.500. The SMILES string of the molecule is C[C@H]1CN(C(=O)C(=O)Nc2cc(C(F)(F)F)c[nH]c2=O)C[C@H](C)O1. The summed E-state index contributed by atoms with van der Waals surface area (Å²) in [5, 5.41) is 1.93. The fourth-order valence-electron chi connectivity index (χ4n) is 2.40. The van der Waals surface area contributed by atoms with Crippen LogP contribution < -0.4 is 10.9 Å². The Morgan fingerprint density at radius 3 is 2.42 bits per heavy atom. The number of rotatable bonds is 1. The van der Waals surface area contributed by atoms with Crippen LogP contribution in [0.5, 0.6) is 0 Å². The maximum Gasteiger partial charge on any atom is 0.417 e. The van der Waals surface area contributed by atoms with Gasteiger partial charge in [0.2, 0.25) is 0 Å². The largest absolute Gasteiger partial charge is 0.417 e. The molecule has 7 nitrogen and oxygen atoms in total. The smallest absolute Gasteiger partial charge is 0.372 e. The summed E-state index contributed by atoms with van der Waals surface area (Å²) in [7, 11) is 0. The molecule has 132 valence electrons. The first-order valence-electron chi connectivity index (χ1n) is 7.13. The molecule has 1 aliphatic heterocycles. The van der Waals surface area contributed by atoms with Crippen LogP contribution in [0.15, 0.2) is 17.1 Å². The number of nitrogens with zero attached hydrogens (tertiary/aromatic N) is 1. The number of aromatic amines is 1. The van der Waals surface area contributed by atoms with Crippen molar-refractivity contribution in [3.63, 3.8) is 0 Å². The summed E-state index contributed by atoms with van der Waals surface area (Å²) in [5.74, 6) is -2.12. The molecule has 0 radical (unpaired) electrons. The highest BCUT2D eigenvalue weighted by molar-refractivity contribution is 6.39. The van der Waals surface area contributed by atoms with Crippen molar-refractivity contribution >= 4 is 17.5 Å². The van der Waals surface area contributed by atoms with Crippen molar-refractivity contribution in [2.24, 2.45) is 0 Å². The lowest BCUT2D eigenvalue weighted by Gasteiger charge is -2.34. The number of carbonyl (C=O) groups is 2. The monoisotopic (exact) mass is 347 g/mol. The van der Waals surface area contributed by atoms with Gasteiger partial charge in [0.1, 0.15) is 5.69 Å². The minimum atomic E-state index is -4.69. The topological polar surface area (TPSA) is 91.5 Å². The van der Waals surface area contributed by atoms with Crippen molar-refractivity contribution < 1.29 is 27.5 Å².